The molecule has 2 aromatic rings. The van der Waals surface area contributed by atoms with Crippen molar-refractivity contribution < 1.29 is 19.1 Å². The SMILES string of the molecule is CCc1ccc(-n2cnnc2)cc1N1C=CC=CC(C(=O)OC)=C1C(=O)OC. The molecule has 0 amide bonds. The van der Waals surface area contributed by atoms with Crippen LogP contribution in [0.3, 0.4) is 0 Å². The van der Waals surface area contributed by atoms with Gasteiger partial charge in [0.2, 0.25) is 0 Å². The van der Waals surface area contributed by atoms with E-state index in [2.05, 4.69) is 10.2 Å². The third-order valence-corrected chi connectivity index (χ3v) is 4.32. The molecular weight excluding hydrogens is 360 g/mol. The predicted octanol–water partition coefficient (Wildman–Crippen LogP) is 2.32. The molecular formula is C20H20N4O4. The highest BCUT2D eigenvalue weighted by Crippen LogP contribution is 2.31. The summed E-state index contributed by atoms with van der Waals surface area (Å²) in [5.41, 5.74) is 2.71. The zero-order valence-electron chi connectivity index (χ0n) is 15.8. The molecule has 2 heterocycles. The number of allylic oxidation sites excluding steroid dienone is 2. The Hall–Kier alpha value is -3.68. The Bertz CT molecular complexity index is 974. The number of rotatable bonds is 5. The Morgan fingerprint density at radius 1 is 1.04 bits per heavy atom. The number of carbonyl (C=O) groups is 2. The number of carbonyl (C=O) groups excluding carboxylic acids is 2. The van der Waals surface area contributed by atoms with E-state index in [9.17, 15) is 9.59 Å². The largest absolute Gasteiger partial charge is 0.465 e. The molecule has 0 aliphatic carbocycles. The van der Waals surface area contributed by atoms with Gasteiger partial charge in [-0.2, -0.15) is 0 Å². The van der Waals surface area contributed by atoms with E-state index in [1.54, 1.807) is 40.5 Å². The lowest BCUT2D eigenvalue weighted by molar-refractivity contribution is -0.139. The molecule has 144 valence electrons. The maximum Gasteiger partial charge on any atom is 0.355 e. The quantitative estimate of drug-likeness (QED) is 0.736. The van der Waals surface area contributed by atoms with Gasteiger partial charge < -0.3 is 14.4 Å². The predicted molar refractivity (Wildman–Crippen MR) is 103 cm³/mol. The molecule has 0 unspecified atom stereocenters. The van der Waals surface area contributed by atoms with Crippen LogP contribution < -0.4 is 4.90 Å². The summed E-state index contributed by atoms with van der Waals surface area (Å²) in [6.45, 7) is 2.01. The van der Waals surface area contributed by atoms with Crippen LogP contribution in [0.1, 0.15) is 12.5 Å². The van der Waals surface area contributed by atoms with Crippen molar-refractivity contribution in [1.82, 2.24) is 14.8 Å². The highest BCUT2D eigenvalue weighted by molar-refractivity contribution is 6.05. The van der Waals surface area contributed by atoms with Gasteiger partial charge in [0.1, 0.15) is 18.4 Å². The fraction of sp³-hybridized carbons (Fsp3) is 0.200. The third-order valence-electron chi connectivity index (χ3n) is 4.32. The average molecular weight is 380 g/mol. The van der Waals surface area contributed by atoms with Crippen molar-refractivity contribution in [3.8, 4) is 5.69 Å². The van der Waals surface area contributed by atoms with Gasteiger partial charge in [-0.05, 0) is 36.3 Å². The summed E-state index contributed by atoms with van der Waals surface area (Å²) in [5.74, 6) is -1.27. The summed E-state index contributed by atoms with van der Waals surface area (Å²) in [7, 11) is 2.54. The van der Waals surface area contributed by atoms with Gasteiger partial charge >= 0.3 is 11.9 Å². The molecule has 1 aromatic heterocycles. The average Bonchev–Trinajstić information content (AvgIpc) is 3.18. The number of anilines is 1. The molecule has 1 aliphatic heterocycles. The lowest BCUT2D eigenvalue weighted by Gasteiger charge is -2.26. The van der Waals surface area contributed by atoms with Crippen molar-refractivity contribution in [2.24, 2.45) is 0 Å². The number of hydrogen-bond acceptors (Lipinski definition) is 7. The summed E-state index contributed by atoms with van der Waals surface area (Å²) >= 11 is 0. The Labute approximate surface area is 162 Å². The van der Waals surface area contributed by atoms with Crippen LogP contribution in [0.25, 0.3) is 5.69 Å². The summed E-state index contributed by atoms with van der Waals surface area (Å²) in [5, 5.41) is 7.66. The number of methoxy groups -OCH3 is 2. The molecule has 8 heteroatoms. The summed E-state index contributed by atoms with van der Waals surface area (Å²) in [6, 6.07) is 5.80. The first-order chi connectivity index (χ1) is 13.6. The van der Waals surface area contributed by atoms with E-state index < -0.39 is 11.9 Å². The van der Waals surface area contributed by atoms with Crippen LogP contribution in [-0.4, -0.2) is 40.9 Å². The standard InChI is InChI=1S/C20H20N4O4/c1-4-14-8-9-15(23-12-21-22-13-23)11-17(14)24-10-6-5-7-16(19(25)27-2)18(24)20(26)28-3/h5-13H,4H2,1-3H3. The highest BCUT2D eigenvalue weighted by Gasteiger charge is 2.28. The van der Waals surface area contributed by atoms with Crippen LogP contribution >= 0.6 is 0 Å². The molecule has 1 aliphatic rings. The lowest BCUT2D eigenvalue weighted by atomic mass is 10.1. The Balaban J connectivity index is 2.23. The summed E-state index contributed by atoms with van der Waals surface area (Å²) < 4.78 is 11.6. The van der Waals surface area contributed by atoms with Crippen LogP contribution in [0.5, 0.6) is 0 Å². The second-order valence-electron chi connectivity index (χ2n) is 5.85. The monoisotopic (exact) mass is 380 g/mol. The van der Waals surface area contributed by atoms with Gasteiger partial charge in [0.15, 0.2) is 0 Å². The minimum atomic E-state index is -0.645. The number of ether oxygens (including phenoxy) is 2. The van der Waals surface area contributed by atoms with Gasteiger partial charge in [-0.3, -0.25) is 4.57 Å². The first kappa shape index (κ1) is 19.1. The molecule has 0 atom stereocenters. The van der Waals surface area contributed by atoms with Crippen LogP contribution in [0.2, 0.25) is 0 Å². The van der Waals surface area contributed by atoms with Crippen molar-refractivity contribution >= 4 is 17.6 Å². The molecule has 0 fully saturated rings. The Morgan fingerprint density at radius 3 is 2.39 bits per heavy atom. The maximum atomic E-state index is 12.6. The van der Waals surface area contributed by atoms with Crippen molar-refractivity contribution in [2.75, 3.05) is 19.1 Å². The van der Waals surface area contributed by atoms with Crippen molar-refractivity contribution in [3.63, 3.8) is 0 Å². The van der Waals surface area contributed by atoms with Gasteiger partial charge in [-0.15, -0.1) is 10.2 Å². The molecule has 28 heavy (non-hydrogen) atoms. The van der Waals surface area contributed by atoms with E-state index in [1.165, 1.54) is 20.3 Å². The molecule has 3 rings (SSSR count). The van der Waals surface area contributed by atoms with Gasteiger partial charge in [0, 0.05) is 6.20 Å². The maximum absolute atomic E-state index is 12.6. The smallest absolute Gasteiger partial charge is 0.355 e. The Morgan fingerprint density at radius 2 is 1.75 bits per heavy atom. The summed E-state index contributed by atoms with van der Waals surface area (Å²) in [6.07, 6.45) is 10.5. The van der Waals surface area contributed by atoms with Crippen molar-refractivity contribution in [1.29, 1.82) is 0 Å². The molecule has 0 N–H and O–H groups in total. The molecule has 0 radical (unpaired) electrons. The minimum Gasteiger partial charge on any atom is -0.465 e. The van der Waals surface area contributed by atoms with Gasteiger partial charge in [0.25, 0.3) is 0 Å². The van der Waals surface area contributed by atoms with E-state index in [1.807, 2.05) is 25.1 Å². The number of hydrogen-bond donors (Lipinski definition) is 0. The topological polar surface area (TPSA) is 86.5 Å². The van der Waals surface area contributed by atoms with E-state index in [-0.39, 0.29) is 11.3 Å². The van der Waals surface area contributed by atoms with Gasteiger partial charge in [-0.1, -0.05) is 19.1 Å². The first-order valence-electron chi connectivity index (χ1n) is 8.63. The number of nitrogens with zero attached hydrogens (tertiary/aromatic N) is 4. The molecule has 1 aromatic carbocycles. The number of benzene rings is 1. The fourth-order valence-corrected chi connectivity index (χ4v) is 2.92. The molecule has 0 spiro atoms. The molecule has 0 saturated carbocycles. The van der Waals surface area contributed by atoms with Crippen LogP contribution in [-0.2, 0) is 25.5 Å². The van der Waals surface area contributed by atoms with Crippen molar-refractivity contribution in [3.05, 3.63) is 72.1 Å². The highest BCUT2D eigenvalue weighted by atomic mass is 16.5. The third kappa shape index (κ3) is 3.57. The minimum absolute atomic E-state index is 0.0787. The number of esters is 2. The second-order valence-corrected chi connectivity index (χ2v) is 5.85. The van der Waals surface area contributed by atoms with E-state index in [0.717, 1.165) is 23.4 Å². The first-order valence-corrected chi connectivity index (χ1v) is 8.63. The molecule has 0 bridgehead atoms. The van der Waals surface area contributed by atoms with E-state index >= 15 is 0 Å². The fourth-order valence-electron chi connectivity index (χ4n) is 2.92. The van der Waals surface area contributed by atoms with Gasteiger partial charge in [-0.25, -0.2) is 9.59 Å². The zero-order chi connectivity index (χ0) is 20.1. The van der Waals surface area contributed by atoms with Crippen molar-refractivity contribution in [2.45, 2.75) is 13.3 Å². The molecule has 0 saturated heterocycles. The van der Waals surface area contributed by atoms with Crippen LogP contribution in [0.15, 0.2) is 66.6 Å². The lowest BCUT2D eigenvalue weighted by Crippen LogP contribution is -2.27. The second kappa shape index (κ2) is 8.34. The van der Waals surface area contributed by atoms with Crippen LogP contribution in [0.4, 0.5) is 5.69 Å². The van der Waals surface area contributed by atoms with E-state index in [4.69, 9.17) is 9.47 Å². The number of aryl methyl sites for hydroxylation is 1. The van der Waals surface area contributed by atoms with Crippen LogP contribution in [0, 0.1) is 0 Å². The number of aromatic nitrogens is 3. The van der Waals surface area contributed by atoms with E-state index in [0.29, 0.717) is 0 Å². The molecule has 8 nitrogen and oxygen atoms in total. The van der Waals surface area contributed by atoms with Gasteiger partial charge in [0.05, 0.1) is 31.2 Å². The zero-order valence-corrected chi connectivity index (χ0v) is 15.8. The summed E-state index contributed by atoms with van der Waals surface area (Å²) in [4.78, 5) is 26.6. The Kier molecular flexibility index (Phi) is 5.69. The normalized spacial score (nSPS) is 13.5.